The molecule has 98 valence electrons. The van der Waals surface area contributed by atoms with E-state index in [0.717, 1.165) is 4.57 Å². The van der Waals surface area contributed by atoms with Crippen LogP contribution in [0.25, 0.3) is 0 Å². The van der Waals surface area contributed by atoms with Crippen LogP contribution >= 0.6 is 0 Å². The van der Waals surface area contributed by atoms with E-state index < -0.39 is 24.4 Å². The lowest BCUT2D eigenvalue weighted by Gasteiger charge is -2.15. The van der Waals surface area contributed by atoms with Crippen LogP contribution in [0.5, 0.6) is 0 Å². The Labute approximate surface area is 97.5 Å². The van der Waals surface area contributed by atoms with Crippen molar-refractivity contribution in [3.05, 3.63) is 34.2 Å². The maximum atomic E-state index is 12.0. The number of aryl methyl sites for hydroxylation is 1. The number of aromatic nitrogens is 1. The van der Waals surface area contributed by atoms with Gasteiger partial charge < -0.3 is 9.67 Å². The predicted molar refractivity (Wildman–Crippen MR) is 58.8 cm³/mol. The van der Waals surface area contributed by atoms with Crippen molar-refractivity contribution in [3.63, 3.8) is 0 Å². The summed E-state index contributed by atoms with van der Waals surface area (Å²) in [5, 5.41) is 8.77. The summed E-state index contributed by atoms with van der Waals surface area (Å²) in [5.74, 6) is 0. The summed E-state index contributed by atoms with van der Waals surface area (Å²) in [4.78, 5) is 11.1. The number of pyridine rings is 1. The predicted octanol–water partition coefficient (Wildman–Crippen LogP) is 2.11. The lowest BCUT2D eigenvalue weighted by atomic mass is 10.3. The van der Waals surface area contributed by atoms with E-state index in [9.17, 15) is 18.0 Å². The second-order valence-electron chi connectivity index (χ2n) is 3.25. The van der Waals surface area contributed by atoms with Gasteiger partial charge in [-0.3, -0.25) is 4.79 Å². The molecule has 0 aliphatic carbocycles. The highest BCUT2D eigenvalue weighted by atomic mass is 19.4. The van der Waals surface area contributed by atoms with Crippen LogP contribution in [0, 0.1) is 6.92 Å². The highest BCUT2D eigenvalue weighted by molar-refractivity contribution is 5.07. The Morgan fingerprint density at radius 2 is 1.88 bits per heavy atom. The molecule has 0 aliphatic heterocycles. The summed E-state index contributed by atoms with van der Waals surface area (Å²) in [6.45, 7) is 4.87. The molecule has 0 aromatic carbocycles. The van der Waals surface area contributed by atoms with Gasteiger partial charge in [0.1, 0.15) is 0 Å². The fourth-order valence-electron chi connectivity index (χ4n) is 1.08. The van der Waals surface area contributed by atoms with E-state index in [2.05, 4.69) is 0 Å². The monoisotopic (exact) mass is 251 g/mol. The van der Waals surface area contributed by atoms with E-state index in [0.29, 0.717) is 5.56 Å². The third-order valence-corrected chi connectivity index (χ3v) is 1.88. The van der Waals surface area contributed by atoms with Gasteiger partial charge in [-0.25, -0.2) is 0 Å². The molecular formula is C11H16F3NO2. The van der Waals surface area contributed by atoms with Crippen molar-refractivity contribution >= 4 is 0 Å². The average Bonchev–Trinajstić information content (AvgIpc) is 2.25. The van der Waals surface area contributed by atoms with E-state index >= 15 is 0 Å². The van der Waals surface area contributed by atoms with Crippen molar-refractivity contribution in [1.29, 1.82) is 0 Å². The molecule has 0 saturated heterocycles. The molecule has 1 atom stereocenters. The zero-order chi connectivity index (χ0) is 13.6. The number of hydrogen-bond acceptors (Lipinski definition) is 2. The number of rotatable bonds is 2. The fraction of sp³-hybridized carbons (Fsp3) is 0.545. The highest BCUT2D eigenvalue weighted by Crippen LogP contribution is 2.20. The van der Waals surface area contributed by atoms with Crippen LogP contribution in [0.2, 0.25) is 0 Å². The minimum atomic E-state index is -4.71. The fourth-order valence-corrected chi connectivity index (χ4v) is 1.08. The van der Waals surface area contributed by atoms with Gasteiger partial charge in [-0.15, -0.1) is 0 Å². The van der Waals surface area contributed by atoms with E-state index in [1.54, 1.807) is 6.92 Å². The van der Waals surface area contributed by atoms with Gasteiger partial charge in [0.15, 0.2) is 6.10 Å². The highest BCUT2D eigenvalue weighted by Gasteiger charge is 2.38. The molecular weight excluding hydrogens is 235 g/mol. The minimum Gasteiger partial charge on any atom is -0.382 e. The summed E-state index contributed by atoms with van der Waals surface area (Å²) in [5.41, 5.74) is 0.0906. The molecule has 0 spiro atoms. The first-order valence-electron chi connectivity index (χ1n) is 5.22. The first kappa shape index (κ1) is 15.7. The van der Waals surface area contributed by atoms with Gasteiger partial charge in [-0.1, -0.05) is 19.9 Å². The van der Waals surface area contributed by atoms with Gasteiger partial charge in [-0.05, 0) is 12.5 Å². The second-order valence-corrected chi connectivity index (χ2v) is 3.25. The quantitative estimate of drug-likeness (QED) is 0.874. The smallest absolute Gasteiger partial charge is 0.382 e. The average molecular weight is 251 g/mol. The van der Waals surface area contributed by atoms with E-state index in [1.165, 1.54) is 18.3 Å². The number of hydrogen-bond donors (Lipinski definition) is 1. The van der Waals surface area contributed by atoms with Gasteiger partial charge >= 0.3 is 6.18 Å². The summed E-state index contributed by atoms with van der Waals surface area (Å²) in [7, 11) is 0. The molecule has 0 aliphatic rings. The molecule has 0 saturated carbocycles. The Bertz CT molecular complexity index is 398. The topological polar surface area (TPSA) is 42.2 Å². The van der Waals surface area contributed by atoms with Gasteiger partial charge in [0, 0.05) is 12.3 Å². The summed E-state index contributed by atoms with van der Waals surface area (Å²) >= 11 is 0. The molecule has 1 unspecified atom stereocenters. The first-order chi connectivity index (χ1) is 7.80. The van der Waals surface area contributed by atoms with E-state index in [1.807, 2.05) is 13.8 Å². The van der Waals surface area contributed by atoms with Gasteiger partial charge in [0.2, 0.25) is 0 Å². The summed E-state index contributed by atoms with van der Waals surface area (Å²) in [6, 6.07) is 2.66. The van der Waals surface area contributed by atoms with Gasteiger partial charge in [-0.2, -0.15) is 13.2 Å². The van der Waals surface area contributed by atoms with Crippen LogP contribution in [0.3, 0.4) is 0 Å². The molecule has 1 N–H and O–H groups in total. The number of aliphatic hydroxyl groups excluding tert-OH is 1. The molecule has 1 heterocycles. The molecule has 1 aromatic heterocycles. The molecule has 0 bridgehead atoms. The standard InChI is InChI=1S/C9H10F3NO2.C2H6/c1-6-2-3-8(15)13(4-6)5-7(14)9(10,11)12;1-2/h2-4,7,14H,5H2,1H3;1-2H3. The Balaban J connectivity index is 0.00000121. The molecule has 6 heteroatoms. The van der Waals surface area contributed by atoms with Crippen molar-refractivity contribution in [2.75, 3.05) is 0 Å². The Kier molecular flexibility index (Phi) is 5.95. The van der Waals surface area contributed by atoms with Gasteiger partial charge in [0.25, 0.3) is 5.56 Å². The van der Waals surface area contributed by atoms with Crippen LogP contribution in [0.15, 0.2) is 23.1 Å². The lowest BCUT2D eigenvalue weighted by Crippen LogP contribution is -2.36. The largest absolute Gasteiger partial charge is 0.416 e. The zero-order valence-corrected chi connectivity index (χ0v) is 9.95. The maximum absolute atomic E-state index is 12.0. The van der Waals surface area contributed by atoms with Crippen molar-refractivity contribution in [3.8, 4) is 0 Å². The van der Waals surface area contributed by atoms with Crippen molar-refractivity contribution in [2.45, 2.75) is 39.6 Å². The zero-order valence-electron chi connectivity index (χ0n) is 9.95. The Hall–Kier alpha value is -1.30. The normalized spacial score (nSPS) is 12.6. The van der Waals surface area contributed by atoms with E-state index in [4.69, 9.17) is 5.11 Å². The first-order valence-corrected chi connectivity index (χ1v) is 5.22. The van der Waals surface area contributed by atoms with Crippen LogP contribution in [-0.2, 0) is 6.54 Å². The SMILES string of the molecule is CC.Cc1ccc(=O)n(CC(O)C(F)(F)F)c1. The molecule has 17 heavy (non-hydrogen) atoms. The number of alkyl halides is 3. The molecule has 0 radical (unpaired) electrons. The minimum absolute atomic E-state index is 0.566. The van der Waals surface area contributed by atoms with Crippen LogP contribution in [0.4, 0.5) is 13.2 Å². The molecule has 3 nitrogen and oxygen atoms in total. The maximum Gasteiger partial charge on any atom is 0.416 e. The lowest BCUT2D eigenvalue weighted by molar-refractivity contribution is -0.207. The molecule has 0 fully saturated rings. The Morgan fingerprint density at radius 1 is 1.35 bits per heavy atom. The van der Waals surface area contributed by atoms with Crippen LogP contribution in [0.1, 0.15) is 19.4 Å². The Morgan fingerprint density at radius 3 is 2.35 bits per heavy atom. The third-order valence-electron chi connectivity index (χ3n) is 1.88. The van der Waals surface area contributed by atoms with Crippen molar-refractivity contribution < 1.29 is 18.3 Å². The summed E-state index contributed by atoms with van der Waals surface area (Å²) in [6.07, 6.45) is -5.95. The summed E-state index contributed by atoms with van der Waals surface area (Å²) < 4.78 is 36.8. The molecule has 1 rings (SSSR count). The van der Waals surface area contributed by atoms with Crippen molar-refractivity contribution in [2.24, 2.45) is 0 Å². The van der Waals surface area contributed by atoms with Gasteiger partial charge in [0.05, 0.1) is 6.54 Å². The second kappa shape index (κ2) is 6.44. The molecule has 0 amide bonds. The third kappa shape index (κ3) is 5.04. The van der Waals surface area contributed by atoms with Crippen LogP contribution in [-0.4, -0.2) is 22.0 Å². The van der Waals surface area contributed by atoms with E-state index in [-0.39, 0.29) is 0 Å². The molecule has 1 aromatic rings. The van der Waals surface area contributed by atoms with Crippen LogP contribution < -0.4 is 5.56 Å². The van der Waals surface area contributed by atoms with Crippen molar-refractivity contribution in [1.82, 2.24) is 4.57 Å². The number of aliphatic hydroxyl groups is 1. The number of halogens is 3. The number of nitrogens with zero attached hydrogens (tertiary/aromatic N) is 1.